The molecule has 1 heterocycles. The first-order valence-corrected chi connectivity index (χ1v) is 7.94. The van der Waals surface area contributed by atoms with Crippen LogP contribution in [-0.4, -0.2) is 26.1 Å². The van der Waals surface area contributed by atoms with Gasteiger partial charge >= 0.3 is 0 Å². The van der Waals surface area contributed by atoms with Crippen molar-refractivity contribution in [1.29, 1.82) is 0 Å². The molecule has 0 aliphatic heterocycles. The van der Waals surface area contributed by atoms with Crippen LogP contribution >= 0.6 is 15.9 Å². The van der Waals surface area contributed by atoms with Crippen LogP contribution in [0, 0.1) is 5.82 Å². The van der Waals surface area contributed by atoms with E-state index >= 15 is 0 Å². The van der Waals surface area contributed by atoms with Crippen LogP contribution in [0.3, 0.4) is 0 Å². The minimum atomic E-state index is -0.463. The third kappa shape index (κ3) is 3.48. The monoisotopic (exact) mass is 389 g/mol. The van der Waals surface area contributed by atoms with Gasteiger partial charge in [0.25, 0.3) is 5.91 Å². The van der Waals surface area contributed by atoms with Crippen molar-refractivity contribution in [1.82, 2.24) is 25.5 Å². The molecule has 0 saturated heterocycles. The van der Waals surface area contributed by atoms with Crippen LogP contribution in [0.1, 0.15) is 29.1 Å². The standard InChI is InChI=1S/C16H13BrFN5O/c1-10(19-16(24)11-3-2-4-13(18)9-11)15-20-21-22-23(15)14-7-5-12(17)6-8-14/h2-10H,1H3,(H,19,24). The molecule has 1 amide bonds. The predicted molar refractivity (Wildman–Crippen MR) is 89.1 cm³/mol. The molecule has 0 radical (unpaired) electrons. The molecule has 0 aliphatic carbocycles. The maximum atomic E-state index is 13.2. The van der Waals surface area contributed by atoms with E-state index < -0.39 is 17.8 Å². The van der Waals surface area contributed by atoms with Gasteiger partial charge in [0, 0.05) is 10.0 Å². The van der Waals surface area contributed by atoms with E-state index in [1.54, 1.807) is 17.7 Å². The molecule has 122 valence electrons. The number of nitrogens with zero attached hydrogens (tertiary/aromatic N) is 4. The summed E-state index contributed by atoms with van der Waals surface area (Å²) in [5.74, 6) is -0.385. The lowest BCUT2D eigenvalue weighted by Gasteiger charge is -2.14. The molecule has 6 nitrogen and oxygen atoms in total. The Morgan fingerprint density at radius 2 is 2.00 bits per heavy atom. The van der Waals surface area contributed by atoms with E-state index in [1.807, 2.05) is 24.3 Å². The number of benzene rings is 2. The first kappa shape index (κ1) is 16.3. The van der Waals surface area contributed by atoms with Crippen molar-refractivity contribution < 1.29 is 9.18 Å². The number of rotatable bonds is 4. The molecule has 24 heavy (non-hydrogen) atoms. The molecular formula is C16H13BrFN5O. The maximum absolute atomic E-state index is 13.2. The van der Waals surface area contributed by atoms with E-state index in [1.165, 1.54) is 18.2 Å². The van der Waals surface area contributed by atoms with Crippen molar-refractivity contribution in [3.05, 3.63) is 70.2 Å². The Kier molecular flexibility index (Phi) is 4.66. The van der Waals surface area contributed by atoms with E-state index in [9.17, 15) is 9.18 Å². The van der Waals surface area contributed by atoms with Crippen molar-refractivity contribution in [2.24, 2.45) is 0 Å². The molecular weight excluding hydrogens is 377 g/mol. The fourth-order valence-corrected chi connectivity index (χ4v) is 2.47. The fraction of sp³-hybridized carbons (Fsp3) is 0.125. The van der Waals surface area contributed by atoms with Gasteiger partial charge in [0.1, 0.15) is 5.82 Å². The average Bonchev–Trinajstić information content (AvgIpc) is 3.05. The lowest BCUT2D eigenvalue weighted by Crippen LogP contribution is -2.28. The molecule has 0 bridgehead atoms. The molecule has 1 unspecified atom stereocenters. The summed E-state index contributed by atoms with van der Waals surface area (Å²) >= 11 is 3.37. The van der Waals surface area contributed by atoms with Gasteiger partial charge in [-0.05, 0) is 59.8 Å². The Morgan fingerprint density at radius 3 is 2.71 bits per heavy atom. The smallest absolute Gasteiger partial charge is 0.251 e. The van der Waals surface area contributed by atoms with Gasteiger partial charge in [-0.15, -0.1) is 5.10 Å². The van der Waals surface area contributed by atoms with Gasteiger partial charge in [-0.2, -0.15) is 4.68 Å². The zero-order valence-electron chi connectivity index (χ0n) is 12.6. The Bertz CT molecular complexity index is 865. The van der Waals surface area contributed by atoms with Crippen LogP contribution in [0.15, 0.2) is 53.0 Å². The first-order valence-electron chi connectivity index (χ1n) is 7.15. The molecule has 3 rings (SSSR count). The SMILES string of the molecule is CC(NC(=O)c1cccc(F)c1)c1nnnn1-c1ccc(Br)cc1. The van der Waals surface area contributed by atoms with Crippen LogP contribution < -0.4 is 5.32 Å². The van der Waals surface area contributed by atoms with E-state index in [0.29, 0.717) is 5.82 Å². The summed E-state index contributed by atoms with van der Waals surface area (Å²) in [7, 11) is 0. The van der Waals surface area contributed by atoms with E-state index in [2.05, 4.69) is 36.8 Å². The van der Waals surface area contributed by atoms with Gasteiger partial charge in [-0.3, -0.25) is 4.79 Å². The molecule has 1 aromatic heterocycles. The summed E-state index contributed by atoms with van der Waals surface area (Å²) in [5.41, 5.74) is 1.01. The van der Waals surface area contributed by atoms with Gasteiger partial charge in [-0.25, -0.2) is 4.39 Å². The number of aromatic nitrogens is 4. The minimum absolute atomic E-state index is 0.240. The highest BCUT2D eigenvalue weighted by Gasteiger charge is 2.18. The second kappa shape index (κ2) is 6.88. The summed E-state index contributed by atoms with van der Waals surface area (Å²) in [6, 6.07) is 12.5. The highest BCUT2D eigenvalue weighted by Crippen LogP contribution is 2.17. The number of carbonyl (C=O) groups is 1. The highest BCUT2D eigenvalue weighted by molar-refractivity contribution is 9.10. The molecule has 1 N–H and O–H groups in total. The number of carbonyl (C=O) groups excluding carboxylic acids is 1. The fourth-order valence-electron chi connectivity index (χ4n) is 2.20. The number of hydrogen-bond donors (Lipinski definition) is 1. The van der Waals surface area contributed by atoms with Crippen LogP contribution in [0.5, 0.6) is 0 Å². The van der Waals surface area contributed by atoms with Crippen LogP contribution in [0.2, 0.25) is 0 Å². The second-order valence-corrected chi connectivity index (χ2v) is 6.05. The number of hydrogen-bond acceptors (Lipinski definition) is 4. The Hall–Kier alpha value is -2.61. The van der Waals surface area contributed by atoms with Crippen LogP contribution in [0.25, 0.3) is 5.69 Å². The summed E-state index contributed by atoms with van der Waals surface area (Å²) < 4.78 is 15.7. The van der Waals surface area contributed by atoms with Crippen molar-refractivity contribution >= 4 is 21.8 Å². The van der Waals surface area contributed by atoms with Gasteiger partial charge in [0.05, 0.1) is 11.7 Å². The molecule has 0 aliphatic rings. The number of tetrazole rings is 1. The third-order valence-electron chi connectivity index (χ3n) is 3.39. The van der Waals surface area contributed by atoms with Crippen LogP contribution in [-0.2, 0) is 0 Å². The van der Waals surface area contributed by atoms with Crippen molar-refractivity contribution in [3.63, 3.8) is 0 Å². The maximum Gasteiger partial charge on any atom is 0.251 e. The van der Waals surface area contributed by atoms with E-state index in [4.69, 9.17) is 0 Å². The van der Waals surface area contributed by atoms with Crippen molar-refractivity contribution in [2.45, 2.75) is 13.0 Å². The largest absolute Gasteiger partial charge is 0.342 e. The zero-order valence-corrected chi connectivity index (χ0v) is 14.2. The number of amides is 1. The third-order valence-corrected chi connectivity index (χ3v) is 3.92. The molecule has 8 heteroatoms. The summed E-state index contributed by atoms with van der Waals surface area (Å²) in [4.78, 5) is 12.2. The normalized spacial score (nSPS) is 12.0. The predicted octanol–water partition coefficient (Wildman–Crippen LogP) is 3.05. The quantitative estimate of drug-likeness (QED) is 0.743. The van der Waals surface area contributed by atoms with Gasteiger partial charge < -0.3 is 5.32 Å². The van der Waals surface area contributed by atoms with Gasteiger partial charge in [0.2, 0.25) is 0 Å². The lowest BCUT2D eigenvalue weighted by atomic mass is 10.2. The molecule has 1 atom stereocenters. The zero-order chi connectivity index (χ0) is 17.1. The Balaban J connectivity index is 1.81. The van der Waals surface area contributed by atoms with Gasteiger partial charge in [-0.1, -0.05) is 22.0 Å². The molecule has 3 aromatic rings. The van der Waals surface area contributed by atoms with Gasteiger partial charge in [0.15, 0.2) is 5.82 Å². The topological polar surface area (TPSA) is 72.7 Å². The second-order valence-electron chi connectivity index (χ2n) is 5.13. The highest BCUT2D eigenvalue weighted by atomic mass is 79.9. The summed E-state index contributed by atoms with van der Waals surface area (Å²) in [6.07, 6.45) is 0. The number of halogens is 2. The Labute approximate surface area is 145 Å². The Morgan fingerprint density at radius 1 is 1.25 bits per heavy atom. The van der Waals surface area contributed by atoms with Crippen LogP contribution in [0.4, 0.5) is 4.39 Å². The lowest BCUT2D eigenvalue weighted by molar-refractivity contribution is 0.0937. The first-order chi connectivity index (χ1) is 11.5. The molecule has 0 spiro atoms. The van der Waals surface area contributed by atoms with Crippen molar-refractivity contribution in [3.8, 4) is 5.69 Å². The molecule has 2 aromatic carbocycles. The summed E-state index contributed by atoms with van der Waals surface area (Å²) in [6.45, 7) is 1.76. The minimum Gasteiger partial charge on any atom is -0.342 e. The van der Waals surface area contributed by atoms with E-state index in [-0.39, 0.29) is 5.56 Å². The molecule has 0 saturated carbocycles. The number of nitrogens with one attached hydrogen (secondary N) is 1. The van der Waals surface area contributed by atoms with E-state index in [0.717, 1.165) is 10.2 Å². The average molecular weight is 390 g/mol. The summed E-state index contributed by atoms with van der Waals surface area (Å²) in [5, 5.41) is 14.4. The van der Waals surface area contributed by atoms with Crippen molar-refractivity contribution in [2.75, 3.05) is 0 Å². The molecule has 0 fully saturated rings.